The van der Waals surface area contributed by atoms with Crippen molar-refractivity contribution in [2.75, 3.05) is 38.1 Å². The number of anilines is 1. The number of nitrogens with one attached hydrogen (secondary N) is 2. The Labute approximate surface area is 185 Å². The summed E-state index contributed by atoms with van der Waals surface area (Å²) in [4.78, 5) is 44.9. The van der Waals surface area contributed by atoms with Gasteiger partial charge in [-0.25, -0.2) is 9.97 Å². The Kier molecular flexibility index (Phi) is 4.93. The van der Waals surface area contributed by atoms with Gasteiger partial charge in [-0.2, -0.15) is 0 Å². The van der Waals surface area contributed by atoms with Crippen molar-refractivity contribution >= 4 is 22.6 Å². The second kappa shape index (κ2) is 7.67. The van der Waals surface area contributed by atoms with E-state index in [2.05, 4.69) is 35.1 Å². The second-order valence-electron chi connectivity index (χ2n) is 8.94. The minimum atomic E-state index is -0.165. The van der Waals surface area contributed by atoms with Gasteiger partial charge >= 0.3 is 0 Å². The number of carbonyl (C=O) groups excluding carboxylic acids is 1. The Morgan fingerprint density at radius 2 is 2.00 bits per heavy atom. The fraction of sp³-hybridized carbons (Fsp3) is 0.435. The Balaban J connectivity index is 1.19. The molecule has 5 heterocycles. The lowest BCUT2D eigenvalue weighted by Crippen LogP contribution is -2.72. The minimum absolute atomic E-state index is 0.122. The lowest BCUT2D eigenvalue weighted by Gasteiger charge is -2.61. The largest absolute Gasteiger partial charge is 0.369 e. The van der Waals surface area contributed by atoms with Crippen LogP contribution in [0.4, 0.5) is 5.69 Å². The molecule has 0 atom stereocenters. The van der Waals surface area contributed by atoms with Crippen LogP contribution in [0.1, 0.15) is 34.5 Å². The first-order chi connectivity index (χ1) is 15.4. The van der Waals surface area contributed by atoms with E-state index in [0.29, 0.717) is 23.2 Å². The standard InChI is InChI=1S/C23H27N7O2/c1-4-16-22(32)28-18-7-15(25-8-19(18)27-16)9-29-10-23(11-29)12-30(13-23)20-6-5-17(21(31)24-3)26-14(20)2/h5-8H,4,9-13H2,1-3H3,(H,24,31)(H,28,32). The van der Waals surface area contributed by atoms with Crippen LogP contribution in [-0.2, 0) is 13.0 Å². The number of nitrogens with zero attached hydrogens (tertiary/aromatic N) is 5. The third kappa shape index (κ3) is 3.52. The van der Waals surface area contributed by atoms with Crippen molar-refractivity contribution in [3.05, 3.63) is 57.5 Å². The maximum Gasteiger partial charge on any atom is 0.270 e. The van der Waals surface area contributed by atoms with Gasteiger partial charge in [0.2, 0.25) is 0 Å². The highest BCUT2D eigenvalue weighted by atomic mass is 16.1. The monoisotopic (exact) mass is 433 g/mol. The Morgan fingerprint density at radius 3 is 2.69 bits per heavy atom. The van der Waals surface area contributed by atoms with Crippen molar-refractivity contribution in [1.82, 2.24) is 30.2 Å². The Bertz CT molecular complexity index is 1250. The van der Waals surface area contributed by atoms with Crippen LogP contribution in [-0.4, -0.2) is 64.0 Å². The molecule has 5 rings (SSSR count). The molecule has 0 bridgehead atoms. The van der Waals surface area contributed by atoms with E-state index in [9.17, 15) is 9.59 Å². The number of carbonyl (C=O) groups is 1. The van der Waals surface area contributed by atoms with Crippen molar-refractivity contribution in [2.45, 2.75) is 26.8 Å². The van der Waals surface area contributed by atoms with Gasteiger partial charge < -0.3 is 15.2 Å². The highest BCUT2D eigenvalue weighted by molar-refractivity contribution is 5.92. The van der Waals surface area contributed by atoms with Crippen LogP contribution in [0.15, 0.2) is 29.2 Å². The molecule has 0 aromatic carbocycles. The third-order valence-corrected chi connectivity index (χ3v) is 6.45. The van der Waals surface area contributed by atoms with E-state index in [1.807, 2.05) is 26.0 Å². The van der Waals surface area contributed by atoms with Gasteiger partial charge in [0.05, 0.1) is 28.8 Å². The van der Waals surface area contributed by atoms with Crippen LogP contribution in [0.3, 0.4) is 0 Å². The quantitative estimate of drug-likeness (QED) is 0.624. The van der Waals surface area contributed by atoms with Gasteiger partial charge in [0.1, 0.15) is 16.9 Å². The van der Waals surface area contributed by atoms with E-state index >= 15 is 0 Å². The summed E-state index contributed by atoms with van der Waals surface area (Å²) in [5, 5.41) is 2.61. The molecule has 0 radical (unpaired) electrons. The molecule has 0 unspecified atom stereocenters. The topological polar surface area (TPSA) is 107 Å². The fourth-order valence-corrected chi connectivity index (χ4v) is 4.92. The number of hydrogen-bond donors (Lipinski definition) is 2. The van der Waals surface area contributed by atoms with Gasteiger partial charge in [-0.15, -0.1) is 0 Å². The molecule has 2 saturated heterocycles. The van der Waals surface area contributed by atoms with E-state index in [-0.39, 0.29) is 11.5 Å². The maximum absolute atomic E-state index is 12.1. The Hall–Kier alpha value is -3.33. The SMILES string of the molecule is CCc1nc2cnc(CN3CC4(C3)CN(c3ccc(C(=O)NC)nc3C)C4)cc2[nH]c1=O. The maximum atomic E-state index is 12.1. The lowest BCUT2D eigenvalue weighted by molar-refractivity contribution is -0.0280. The normalized spacial score (nSPS) is 17.3. The van der Waals surface area contributed by atoms with Gasteiger partial charge in [0.15, 0.2) is 0 Å². The molecular weight excluding hydrogens is 406 g/mol. The Morgan fingerprint density at radius 1 is 1.22 bits per heavy atom. The summed E-state index contributed by atoms with van der Waals surface area (Å²) >= 11 is 0. The number of H-pyrrole nitrogens is 1. The molecule has 2 aliphatic rings. The number of rotatable bonds is 5. The van der Waals surface area contributed by atoms with E-state index in [1.54, 1.807) is 19.3 Å². The lowest BCUT2D eigenvalue weighted by atomic mass is 9.72. The van der Waals surface area contributed by atoms with E-state index in [4.69, 9.17) is 0 Å². The van der Waals surface area contributed by atoms with Gasteiger partial charge in [-0.1, -0.05) is 6.92 Å². The third-order valence-electron chi connectivity index (χ3n) is 6.45. The van der Waals surface area contributed by atoms with E-state index < -0.39 is 0 Å². The van der Waals surface area contributed by atoms with Crippen molar-refractivity contribution in [2.24, 2.45) is 5.41 Å². The molecular formula is C23H27N7O2. The number of fused-ring (bicyclic) bond motifs is 1. The fourth-order valence-electron chi connectivity index (χ4n) is 4.92. The van der Waals surface area contributed by atoms with Crippen LogP contribution in [0.2, 0.25) is 0 Å². The molecule has 3 aromatic rings. The van der Waals surface area contributed by atoms with Crippen molar-refractivity contribution in [3.8, 4) is 0 Å². The van der Waals surface area contributed by atoms with Gasteiger partial charge in [-0.05, 0) is 31.5 Å². The zero-order chi connectivity index (χ0) is 22.5. The summed E-state index contributed by atoms with van der Waals surface area (Å²) in [6.07, 6.45) is 2.35. The van der Waals surface area contributed by atoms with Gasteiger partial charge in [0.25, 0.3) is 11.5 Å². The minimum Gasteiger partial charge on any atom is -0.369 e. The second-order valence-corrected chi connectivity index (χ2v) is 8.94. The average Bonchev–Trinajstić information content (AvgIpc) is 2.73. The number of amides is 1. The molecule has 0 saturated carbocycles. The van der Waals surface area contributed by atoms with Gasteiger partial charge in [-0.3, -0.25) is 19.5 Å². The summed E-state index contributed by atoms with van der Waals surface area (Å²) in [5.41, 5.74) is 5.57. The van der Waals surface area contributed by atoms with Crippen LogP contribution < -0.4 is 15.8 Å². The predicted molar refractivity (Wildman–Crippen MR) is 122 cm³/mol. The molecule has 2 N–H and O–H groups in total. The zero-order valence-electron chi connectivity index (χ0n) is 18.6. The van der Waals surface area contributed by atoms with Crippen molar-refractivity contribution in [1.29, 1.82) is 0 Å². The number of hydrogen-bond acceptors (Lipinski definition) is 7. The first-order valence-corrected chi connectivity index (χ1v) is 10.9. The first kappa shape index (κ1) is 20.6. The number of pyridine rings is 2. The first-order valence-electron chi connectivity index (χ1n) is 10.9. The summed E-state index contributed by atoms with van der Waals surface area (Å²) < 4.78 is 0. The predicted octanol–water partition coefficient (Wildman–Crippen LogP) is 1.27. The summed E-state index contributed by atoms with van der Waals surface area (Å²) in [6.45, 7) is 8.67. The molecule has 2 fully saturated rings. The van der Waals surface area contributed by atoms with Crippen LogP contribution >= 0.6 is 0 Å². The average molecular weight is 434 g/mol. The molecule has 9 nitrogen and oxygen atoms in total. The molecule has 3 aromatic heterocycles. The van der Waals surface area contributed by atoms with Gasteiger partial charge in [0, 0.05) is 45.2 Å². The molecule has 166 valence electrons. The van der Waals surface area contributed by atoms with E-state index in [0.717, 1.165) is 60.8 Å². The molecule has 1 amide bonds. The highest BCUT2D eigenvalue weighted by Gasteiger charge is 2.51. The molecule has 0 aliphatic carbocycles. The van der Waals surface area contributed by atoms with Crippen LogP contribution in [0, 0.1) is 12.3 Å². The number of aromatic amines is 1. The summed E-state index contributed by atoms with van der Waals surface area (Å²) in [5.74, 6) is -0.165. The number of likely N-dealkylation sites (tertiary alicyclic amines) is 1. The molecule has 2 aliphatic heterocycles. The number of aromatic nitrogens is 4. The van der Waals surface area contributed by atoms with Crippen LogP contribution in [0.5, 0.6) is 0 Å². The van der Waals surface area contributed by atoms with Crippen LogP contribution in [0.25, 0.3) is 11.0 Å². The smallest absolute Gasteiger partial charge is 0.270 e. The summed E-state index contributed by atoms with van der Waals surface area (Å²) in [7, 11) is 1.61. The molecule has 32 heavy (non-hydrogen) atoms. The van der Waals surface area contributed by atoms with Crippen molar-refractivity contribution < 1.29 is 4.79 Å². The van der Waals surface area contributed by atoms with Crippen molar-refractivity contribution in [3.63, 3.8) is 0 Å². The molecule has 9 heteroatoms. The number of aryl methyl sites for hydroxylation is 2. The molecule has 1 spiro atoms. The summed E-state index contributed by atoms with van der Waals surface area (Å²) in [6, 6.07) is 5.71. The zero-order valence-corrected chi connectivity index (χ0v) is 18.6. The van der Waals surface area contributed by atoms with E-state index in [1.165, 1.54) is 0 Å². The highest BCUT2D eigenvalue weighted by Crippen LogP contribution is 2.42.